The molecule has 5 nitrogen and oxygen atoms in total. The van der Waals surface area contributed by atoms with E-state index in [1.165, 1.54) is 19.3 Å². The molecule has 1 saturated heterocycles. The Labute approximate surface area is 124 Å². The van der Waals surface area contributed by atoms with Crippen molar-refractivity contribution in [2.24, 2.45) is 0 Å². The quantitative estimate of drug-likeness (QED) is 0.864. The number of rotatable bonds is 4. The zero-order valence-electron chi connectivity index (χ0n) is 12.6. The van der Waals surface area contributed by atoms with Gasteiger partial charge in [0.25, 0.3) is 0 Å². The molecule has 1 aromatic heterocycles. The van der Waals surface area contributed by atoms with E-state index in [-0.39, 0.29) is 0 Å². The first-order valence-corrected chi connectivity index (χ1v) is 7.47. The number of hydrogen-bond acceptors (Lipinski definition) is 5. The van der Waals surface area contributed by atoms with Gasteiger partial charge in [0.1, 0.15) is 5.75 Å². The number of ether oxygens (including phenoxy) is 1. The van der Waals surface area contributed by atoms with E-state index in [4.69, 9.17) is 9.15 Å². The molecular formula is C16H21N3O2. The summed E-state index contributed by atoms with van der Waals surface area (Å²) in [7, 11) is 1.65. The summed E-state index contributed by atoms with van der Waals surface area (Å²) in [5.41, 5.74) is 0.918. The summed E-state index contributed by atoms with van der Waals surface area (Å²) in [5.74, 6) is 2.08. The first-order chi connectivity index (χ1) is 10.3. The van der Waals surface area contributed by atoms with Crippen LogP contribution in [0.1, 0.15) is 32.1 Å². The maximum Gasteiger partial charge on any atom is 0.247 e. The number of aromatic nitrogens is 2. The Balaban J connectivity index is 1.70. The van der Waals surface area contributed by atoms with E-state index in [0.29, 0.717) is 17.8 Å². The van der Waals surface area contributed by atoms with Crippen LogP contribution in [-0.2, 0) is 6.54 Å². The van der Waals surface area contributed by atoms with Gasteiger partial charge in [0, 0.05) is 11.6 Å². The van der Waals surface area contributed by atoms with E-state index in [0.717, 1.165) is 24.4 Å². The van der Waals surface area contributed by atoms with Gasteiger partial charge in [-0.2, -0.15) is 0 Å². The van der Waals surface area contributed by atoms with Crippen molar-refractivity contribution in [3.63, 3.8) is 0 Å². The van der Waals surface area contributed by atoms with Crippen LogP contribution in [0, 0.1) is 0 Å². The minimum Gasteiger partial charge on any atom is -0.497 e. The molecular weight excluding hydrogens is 266 g/mol. The maximum absolute atomic E-state index is 5.79. The van der Waals surface area contributed by atoms with Gasteiger partial charge in [0.05, 0.1) is 13.7 Å². The molecule has 0 N–H and O–H groups in total. The summed E-state index contributed by atoms with van der Waals surface area (Å²) in [6.45, 7) is 4.12. The van der Waals surface area contributed by atoms with E-state index >= 15 is 0 Å². The van der Waals surface area contributed by atoms with Gasteiger partial charge in [-0.3, -0.25) is 4.90 Å². The zero-order valence-corrected chi connectivity index (χ0v) is 12.6. The van der Waals surface area contributed by atoms with Gasteiger partial charge in [0.15, 0.2) is 0 Å². The second-order valence-electron chi connectivity index (χ2n) is 5.54. The summed E-state index contributed by atoms with van der Waals surface area (Å²) >= 11 is 0. The summed E-state index contributed by atoms with van der Waals surface area (Å²) in [6, 6.07) is 8.24. The Morgan fingerprint density at radius 3 is 2.76 bits per heavy atom. The summed E-state index contributed by atoms with van der Waals surface area (Å²) in [4.78, 5) is 2.41. The van der Waals surface area contributed by atoms with Crippen LogP contribution in [0.3, 0.4) is 0 Å². The average molecular weight is 287 g/mol. The molecule has 0 amide bonds. The fourth-order valence-electron chi connectivity index (χ4n) is 2.73. The van der Waals surface area contributed by atoms with E-state index < -0.39 is 0 Å². The molecule has 2 aromatic rings. The minimum atomic E-state index is 0.567. The lowest BCUT2D eigenvalue weighted by Crippen LogP contribution is -2.36. The molecule has 1 unspecified atom stereocenters. The van der Waals surface area contributed by atoms with Crippen molar-refractivity contribution in [1.82, 2.24) is 15.1 Å². The topological polar surface area (TPSA) is 51.4 Å². The third-order valence-electron chi connectivity index (χ3n) is 4.08. The first kappa shape index (κ1) is 14.1. The Morgan fingerprint density at radius 1 is 1.24 bits per heavy atom. The summed E-state index contributed by atoms with van der Waals surface area (Å²) in [5, 5.41) is 8.32. The molecule has 0 saturated carbocycles. The lowest BCUT2D eigenvalue weighted by molar-refractivity contribution is 0.139. The van der Waals surface area contributed by atoms with Crippen molar-refractivity contribution in [1.29, 1.82) is 0 Å². The normalized spacial score (nSPS) is 19.6. The standard InChI is InChI=1S/C16H21N3O2/c1-12-5-3-4-10-19(12)11-15-17-18-16(21-15)13-6-8-14(20-2)9-7-13/h6-9,12H,3-5,10-11H2,1-2H3. The van der Waals surface area contributed by atoms with Crippen LogP contribution in [0.5, 0.6) is 5.75 Å². The lowest BCUT2D eigenvalue weighted by Gasteiger charge is -2.31. The SMILES string of the molecule is COc1ccc(-c2nnc(CN3CCCCC3C)o2)cc1. The second kappa shape index (κ2) is 6.26. The Bertz CT molecular complexity index is 579. The molecule has 0 spiro atoms. The predicted molar refractivity (Wildman–Crippen MR) is 80.0 cm³/mol. The number of nitrogens with zero attached hydrogens (tertiary/aromatic N) is 3. The monoisotopic (exact) mass is 287 g/mol. The number of hydrogen-bond donors (Lipinski definition) is 0. The van der Waals surface area contributed by atoms with Gasteiger partial charge in [-0.05, 0) is 50.6 Å². The summed E-state index contributed by atoms with van der Waals surface area (Å²) < 4.78 is 10.9. The molecule has 1 fully saturated rings. The van der Waals surface area contributed by atoms with E-state index in [1.54, 1.807) is 7.11 Å². The van der Waals surface area contributed by atoms with Crippen LogP contribution < -0.4 is 4.74 Å². The van der Waals surface area contributed by atoms with E-state index in [2.05, 4.69) is 22.0 Å². The molecule has 1 aliphatic heterocycles. The van der Waals surface area contributed by atoms with Gasteiger partial charge in [0.2, 0.25) is 11.8 Å². The van der Waals surface area contributed by atoms with Gasteiger partial charge in [-0.1, -0.05) is 6.42 Å². The second-order valence-corrected chi connectivity index (χ2v) is 5.54. The predicted octanol–water partition coefficient (Wildman–Crippen LogP) is 3.12. The maximum atomic E-state index is 5.79. The van der Waals surface area contributed by atoms with Gasteiger partial charge in [-0.25, -0.2) is 0 Å². The first-order valence-electron chi connectivity index (χ1n) is 7.47. The lowest BCUT2D eigenvalue weighted by atomic mass is 10.0. The molecule has 0 bridgehead atoms. The zero-order chi connectivity index (χ0) is 14.7. The molecule has 2 heterocycles. The highest BCUT2D eigenvalue weighted by Crippen LogP contribution is 2.23. The number of likely N-dealkylation sites (tertiary alicyclic amines) is 1. The highest BCUT2D eigenvalue weighted by molar-refractivity contribution is 5.53. The van der Waals surface area contributed by atoms with Crippen LogP contribution in [0.25, 0.3) is 11.5 Å². The van der Waals surface area contributed by atoms with E-state index in [1.807, 2.05) is 24.3 Å². The third kappa shape index (κ3) is 3.24. The highest BCUT2D eigenvalue weighted by Gasteiger charge is 2.20. The largest absolute Gasteiger partial charge is 0.497 e. The Morgan fingerprint density at radius 2 is 2.05 bits per heavy atom. The fraction of sp³-hybridized carbons (Fsp3) is 0.500. The van der Waals surface area contributed by atoms with Gasteiger partial charge >= 0.3 is 0 Å². The Hall–Kier alpha value is -1.88. The van der Waals surface area contributed by atoms with Crippen molar-refractivity contribution in [2.75, 3.05) is 13.7 Å². The minimum absolute atomic E-state index is 0.567. The summed E-state index contributed by atoms with van der Waals surface area (Å²) in [6.07, 6.45) is 3.82. The highest BCUT2D eigenvalue weighted by atomic mass is 16.5. The fourth-order valence-corrected chi connectivity index (χ4v) is 2.73. The van der Waals surface area contributed by atoms with Crippen molar-refractivity contribution >= 4 is 0 Å². The number of methoxy groups -OCH3 is 1. The van der Waals surface area contributed by atoms with Crippen LogP contribution in [0.4, 0.5) is 0 Å². The van der Waals surface area contributed by atoms with Crippen LogP contribution in [0.15, 0.2) is 28.7 Å². The van der Waals surface area contributed by atoms with Crippen LogP contribution in [-0.4, -0.2) is 34.8 Å². The average Bonchev–Trinajstić information content (AvgIpc) is 2.98. The molecule has 0 aliphatic carbocycles. The molecule has 1 aliphatic rings. The molecule has 3 rings (SSSR count). The Kier molecular flexibility index (Phi) is 4.20. The van der Waals surface area contributed by atoms with Gasteiger partial charge in [-0.15, -0.1) is 10.2 Å². The van der Waals surface area contributed by atoms with Crippen LogP contribution in [0.2, 0.25) is 0 Å². The molecule has 1 aromatic carbocycles. The smallest absolute Gasteiger partial charge is 0.247 e. The molecule has 5 heteroatoms. The van der Waals surface area contributed by atoms with Crippen molar-refractivity contribution < 1.29 is 9.15 Å². The molecule has 21 heavy (non-hydrogen) atoms. The van der Waals surface area contributed by atoms with Crippen LogP contribution >= 0.6 is 0 Å². The van der Waals surface area contributed by atoms with Crippen molar-refractivity contribution in [3.8, 4) is 17.2 Å². The van der Waals surface area contributed by atoms with Gasteiger partial charge < -0.3 is 9.15 Å². The molecule has 1 atom stereocenters. The van der Waals surface area contributed by atoms with Crippen molar-refractivity contribution in [3.05, 3.63) is 30.2 Å². The third-order valence-corrected chi connectivity index (χ3v) is 4.08. The molecule has 0 radical (unpaired) electrons. The van der Waals surface area contributed by atoms with Crippen molar-refractivity contribution in [2.45, 2.75) is 38.8 Å². The molecule has 112 valence electrons. The van der Waals surface area contributed by atoms with E-state index in [9.17, 15) is 0 Å². The number of piperidine rings is 1. The number of benzene rings is 1.